The number of carbonyl (C=O) groups excluding carboxylic acids is 2. The van der Waals surface area contributed by atoms with Crippen LogP contribution in [-0.4, -0.2) is 35.6 Å². The molecule has 0 bridgehead atoms. The number of nitro groups is 1. The summed E-state index contributed by atoms with van der Waals surface area (Å²) in [5, 5.41) is 19.7. The highest BCUT2D eigenvalue weighted by Crippen LogP contribution is 2.20. The number of rotatable bonds is 9. The second kappa shape index (κ2) is 11.0. The van der Waals surface area contributed by atoms with Crippen molar-refractivity contribution in [3.8, 4) is 5.75 Å². The van der Waals surface area contributed by atoms with Gasteiger partial charge in [-0.1, -0.05) is 56.3 Å². The molecule has 1 atom stereocenters. The summed E-state index contributed by atoms with van der Waals surface area (Å²) >= 11 is 0. The van der Waals surface area contributed by atoms with Gasteiger partial charge in [0.2, 0.25) is 0 Å². The highest BCUT2D eigenvalue weighted by atomic mass is 16.6. The van der Waals surface area contributed by atoms with Crippen molar-refractivity contribution < 1.29 is 19.2 Å². The molecule has 0 saturated carbocycles. The number of nitrogens with one attached hydrogen (secondary N) is 2. The SMILES string of the molecule is Cc1ccc(C=NNC(=O)C(NC(=O)COc2ccc3ccccc3c2)C(C)C)cc1[N+](=O)[O-]. The first kappa shape index (κ1) is 24.4. The topological polar surface area (TPSA) is 123 Å². The highest BCUT2D eigenvalue weighted by Gasteiger charge is 2.24. The first-order valence-corrected chi connectivity index (χ1v) is 10.7. The molecule has 0 aliphatic rings. The van der Waals surface area contributed by atoms with Crippen LogP contribution in [0.5, 0.6) is 5.75 Å². The number of hydrogen-bond acceptors (Lipinski definition) is 6. The normalized spacial score (nSPS) is 12.0. The number of benzene rings is 3. The van der Waals surface area contributed by atoms with Gasteiger partial charge in [-0.15, -0.1) is 0 Å². The first-order valence-electron chi connectivity index (χ1n) is 10.7. The van der Waals surface area contributed by atoms with E-state index < -0.39 is 22.8 Å². The summed E-state index contributed by atoms with van der Waals surface area (Å²) in [7, 11) is 0. The maximum Gasteiger partial charge on any atom is 0.272 e. The van der Waals surface area contributed by atoms with Crippen LogP contribution in [0.2, 0.25) is 0 Å². The Balaban J connectivity index is 1.56. The Bertz CT molecular complexity index is 1240. The molecular weight excluding hydrogens is 436 g/mol. The van der Waals surface area contributed by atoms with Crippen molar-refractivity contribution in [1.29, 1.82) is 0 Å². The molecule has 1 unspecified atom stereocenters. The Hall–Kier alpha value is -4.27. The van der Waals surface area contributed by atoms with Gasteiger partial charge in [-0.2, -0.15) is 5.10 Å². The Labute approximate surface area is 197 Å². The van der Waals surface area contributed by atoms with E-state index in [1.54, 1.807) is 39.0 Å². The quantitative estimate of drug-likeness (QED) is 0.285. The summed E-state index contributed by atoms with van der Waals surface area (Å²) < 4.78 is 5.59. The lowest BCUT2D eigenvalue weighted by Gasteiger charge is -2.20. The van der Waals surface area contributed by atoms with E-state index in [1.165, 1.54) is 12.3 Å². The van der Waals surface area contributed by atoms with Crippen LogP contribution >= 0.6 is 0 Å². The molecule has 0 aromatic heterocycles. The number of hydrazone groups is 1. The lowest BCUT2D eigenvalue weighted by molar-refractivity contribution is -0.385. The molecule has 0 radical (unpaired) electrons. The third-order valence-corrected chi connectivity index (χ3v) is 5.17. The van der Waals surface area contributed by atoms with Crippen LogP contribution in [0.1, 0.15) is 25.0 Å². The molecule has 2 amide bonds. The number of aryl methyl sites for hydroxylation is 1. The number of carbonyl (C=O) groups is 2. The van der Waals surface area contributed by atoms with Crippen LogP contribution in [0.3, 0.4) is 0 Å². The van der Waals surface area contributed by atoms with Gasteiger partial charge < -0.3 is 10.1 Å². The molecule has 9 nitrogen and oxygen atoms in total. The second-order valence-corrected chi connectivity index (χ2v) is 8.12. The summed E-state index contributed by atoms with van der Waals surface area (Å²) in [4.78, 5) is 35.6. The predicted octanol–water partition coefficient (Wildman–Crippen LogP) is 3.73. The maximum absolute atomic E-state index is 12.6. The third-order valence-electron chi connectivity index (χ3n) is 5.17. The molecule has 3 aromatic rings. The first-order chi connectivity index (χ1) is 16.2. The number of hydrogen-bond donors (Lipinski definition) is 2. The minimum absolute atomic E-state index is 0.0333. The monoisotopic (exact) mass is 462 g/mol. The highest BCUT2D eigenvalue weighted by molar-refractivity contribution is 5.89. The zero-order valence-corrected chi connectivity index (χ0v) is 19.1. The zero-order valence-electron chi connectivity index (χ0n) is 19.1. The van der Waals surface area contributed by atoms with Crippen molar-refractivity contribution in [2.45, 2.75) is 26.8 Å². The fourth-order valence-electron chi connectivity index (χ4n) is 3.30. The van der Waals surface area contributed by atoms with Crippen molar-refractivity contribution in [2.24, 2.45) is 11.0 Å². The lowest BCUT2D eigenvalue weighted by atomic mass is 10.0. The average Bonchev–Trinajstić information content (AvgIpc) is 2.81. The van der Waals surface area contributed by atoms with E-state index in [0.717, 1.165) is 10.8 Å². The van der Waals surface area contributed by atoms with E-state index in [0.29, 0.717) is 16.9 Å². The number of ether oxygens (including phenoxy) is 1. The second-order valence-electron chi connectivity index (χ2n) is 8.12. The van der Waals surface area contributed by atoms with E-state index in [-0.39, 0.29) is 18.2 Å². The van der Waals surface area contributed by atoms with Gasteiger partial charge in [-0.05, 0) is 35.7 Å². The van der Waals surface area contributed by atoms with Crippen molar-refractivity contribution in [3.05, 3.63) is 81.9 Å². The van der Waals surface area contributed by atoms with Gasteiger partial charge in [0, 0.05) is 17.2 Å². The van der Waals surface area contributed by atoms with Gasteiger partial charge in [-0.25, -0.2) is 5.43 Å². The largest absolute Gasteiger partial charge is 0.484 e. The van der Waals surface area contributed by atoms with Gasteiger partial charge in [-0.3, -0.25) is 19.7 Å². The molecule has 0 aliphatic heterocycles. The summed E-state index contributed by atoms with van der Waals surface area (Å²) in [6.45, 7) is 4.98. The third kappa shape index (κ3) is 6.38. The molecule has 2 N–H and O–H groups in total. The molecule has 34 heavy (non-hydrogen) atoms. The molecule has 3 aromatic carbocycles. The molecule has 9 heteroatoms. The van der Waals surface area contributed by atoms with Crippen molar-refractivity contribution in [3.63, 3.8) is 0 Å². The summed E-state index contributed by atoms with van der Waals surface area (Å²) in [6, 6.07) is 17.2. The number of nitrogens with zero attached hydrogens (tertiary/aromatic N) is 2. The molecule has 176 valence electrons. The zero-order chi connectivity index (χ0) is 24.7. The van der Waals surface area contributed by atoms with Crippen LogP contribution < -0.4 is 15.5 Å². The Morgan fingerprint density at radius 3 is 2.53 bits per heavy atom. The van der Waals surface area contributed by atoms with Gasteiger partial charge in [0.05, 0.1) is 11.1 Å². The van der Waals surface area contributed by atoms with Crippen molar-refractivity contribution in [2.75, 3.05) is 6.61 Å². The summed E-state index contributed by atoms with van der Waals surface area (Å²) in [6.07, 6.45) is 1.31. The van der Waals surface area contributed by atoms with Gasteiger partial charge in [0.25, 0.3) is 17.5 Å². The maximum atomic E-state index is 12.6. The van der Waals surface area contributed by atoms with E-state index in [9.17, 15) is 19.7 Å². The summed E-state index contributed by atoms with van der Waals surface area (Å²) in [5.74, 6) is -0.608. The molecular formula is C25H26N4O5. The Morgan fingerprint density at radius 2 is 1.82 bits per heavy atom. The fourth-order valence-corrected chi connectivity index (χ4v) is 3.30. The van der Waals surface area contributed by atoms with E-state index in [2.05, 4.69) is 15.8 Å². The average molecular weight is 463 g/mol. The Morgan fingerprint density at radius 1 is 1.09 bits per heavy atom. The minimum atomic E-state index is -0.836. The van der Waals surface area contributed by atoms with Crippen LogP contribution in [0, 0.1) is 23.0 Å². The van der Waals surface area contributed by atoms with Gasteiger partial charge in [0.1, 0.15) is 11.8 Å². The molecule has 0 spiro atoms. The van der Waals surface area contributed by atoms with Crippen LogP contribution in [-0.2, 0) is 9.59 Å². The number of nitro benzene ring substituents is 1. The molecule has 3 rings (SSSR count). The number of fused-ring (bicyclic) bond motifs is 1. The molecule has 0 heterocycles. The predicted molar refractivity (Wildman–Crippen MR) is 130 cm³/mol. The van der Waals surface area contributed by atoms with Gasteiger partial charge in [0.15, 0.2) is 6.61 Å². The van der Waals surface area contributed by atoms with Crippen LogP contribution in [0.25, 0.3) is 10.8 Å². The van der Waals surface area contributed by atoms with Crippen molar-refractivity contribution in [1.82, 2.24) is 10.7 Å². The van der Waals surface area contributed by atoms with E-state index >= 15 is 0 Å². The van der Waals surface area contributed by atoms with E-state index in [4.69, 9.17) is 4.74 Å². The standard InChI is InChI=1S/C25H26N4O5/c1-16(2)24(25(31)28-26-14-18-9-8-17(3)22(12-18)29(32)33)27-23(30)15-34-21-11-10-19-6-4-5-7-20(19)13-21/h4-14,16,24H,15H2,1-3H3,(H,27,30)(H,28,31). The molecule has 0 saturated heterocycles. The van der Waals surface area contributed by atoms with E-state index in [1.807, 2.05) is 36.4 Å². The van der Waals surface area contributed by atoms with Gasteiger partial charge >= 0.3 is 0 Å². The minimum Gasteiger partial charge on any atom is -0.484 e. The smallest absolute Gasteiger partial charge is 0.272 e. The fraction of sp³-hybridized carbons (Fsp3) is 0.240. The Kier molecular flexibility index (Phi) is 7.92. The molecule has 0 aliphatic carbocycles. The van der Waals surface area contributed by atoms with Crippen LogP contribution in [0.15, 0.2) is 65.8 Å². The van der Waals surface area contributed by atoms with Crippen LogP contribution in [0.4, 0.5) is 5.69 Å². The number of amides is 2. The lowest BCUT2D eigenvalue weighted by Crippen LogP contribution is -2.49. The summed E-state index contributed by atoms with van der Waals surface area (Å²) in [5.41, 5.74) is 3.34. The molecule has 0 fully saturated rings. The van der Waals surface area contributed by atoms with Crippen molar-refractivity contribution >= 4 is 34.5 Å².